The van der Waals surface area contributed by atoms with Crippen molar-refractivity contribution in [2.45, 2.75) is 50.6 Å². The minimum Gasteiger partial charge on any atom is -0.497 e. The van der Waals surface area contributed by atoms with E-state index in [1.165, 1.54) is 24.1 Å². The molecule has 0 heterocycles. The van der Waals surface area contributed by atoms with Crippen molar-refractivity contribution in [3.05, 3.63) is 126 Å². The Labute approximate surface area is 266 Å². The summed E-state index contributed by atoms with van der Waals surface area (Å²) in [6.45, 7) is 3.99. The smallest absolute Gasteiger partial charge is 0.264 e. The van der Waals surface area contributed by atoms with E-state index in [1.54, 1.807) is 36.4 Å². The number of nitrogens with one attached hydrogen (secondary N) is 1. The number of unbranched alkanes of at least 4 members (excludes halogenated alkanes) is 1. The molecule has 0 fully saturated rings. The van der Waals surface area contributed by atoms with Gasteiger partial charge in [-0.05, 0) is 48.7 Å². The average Bonchev–Trinajstić information content (AvgIpc) is 3.06. The second-order valence-electron chi connectivity index (χ2n) is 10.9. The van der Waals surface area contributed by atoms with E-state index in [9.17, 15) is 18.0 Å². The Morgan fingerprint density at radius 2 is 1.49 bits per heavy atom. The van der Waals surface area contributed by atoms with Crippen molar-refractivity contribution in [1.82, 2.24) is 10.2 Å². The molecule has 0 bridgehead atoms. The number of benzene rings is 4. The molecule has 0 aliphatic carbocycles. The second kappa shape index (κ2) is 15.9. The van der Waals surface area contributed by atoms with E-state index in [4.69, 9.17) is 4.74 Å². The zero-order chi connectivity index (χ0) is 32.2. The number of anilines is 1. The lowest BCUT2D eigenvalue weighted by atomic mass is 10.0. The molecule has 0 saturated carbocycles. The van der Waals surface area contributed by atoms with Crippen molar-refractivity contribution in [3.63, 3.8) is 0 Å². The summed E-state index contributed by atoms with van der Waals surface area (Å²) in [5.41, 5.74) is 2.88. The highest BCUT2D eigenvalue weighted by molar-refractivity contribution is 7.92. The van der Waals surface area contributed by atoms with Gasteiger partial charge in [0.1, 0.15) is 18.3 Å². The maximum atomic E-state index is 14.5. The van der Waals surface area contributed by atoms with Gasteiger partial charge < -0.3 is 15.0 Å². The van der Waals surface area contributed by atoms with Crippen LogP contribution < -0.4 is 14.4 Å². The fraction of sp³-hybridized carbons (Fsp3) is 0.278. The standard InChI is InChI=1S/C36H41N3O5S/c1-4-5-23-37-36(41)34(24-29-13-8-6-9-14-29)38(26-30-15-10-7-11-16-30)35(40)27-39(31-17-12-18-32(25-31)44-3)45(42,43)33-21-19-28(2)20-22-33/h6-22,25,34H,4-5,23-24,26-27H2,1-3H3,(H,37,41)/t34-/m1/s1. The van der Waals surface area contributed by atoms with E-state index in [2.05, 4.69) is 5.32 Å². The van der Waals surface area contributed by atoms with Crippen LogP contribution in [0.15, 0.2) is 114 Å². The summed E-state index contributed by atoms with van der Waals surface area (Å²) in [6.07, 6.45) is 1.97. The van der Waals surface area contributed by atoms with E-state index < -0.39 is 28.5 Å². The van der Waals surface area contributed by atoms with Crippen LogP contribution in [0.5, 0.6) is 5.75 Å². The van der Waals surface area contributed by atoms with E-state index in [0.29, 0.717) is 12.3 Å². The lowest BCUT2D eigenvalue weighted by Gasteiger charge is -2.34. The predicted octanol–water partition coefficient (Wildman–Crippen LogP) is 5.76. The highest BCUT2D eigenvalue weighted by Crippen LogP contribution is 2.28. The fourth-order valence-electron chi connectivity index (χ4n) is 4.97. The molecule has 1 N–H and O–H groups in total. The molecule has 9 heteroatoms. The summed E-state index contributed by atoms with van der Waals surface area (Å²) >= 11 is 0. The van der Waals surface area contributed by atoms with Gasteiger partial charge in [-0.3, -0.25) is 13.9 Å². The molecular weight excluding hydrogens is 586 g/mol. The van der Waals surface area contributed by atoms with Crippen LogP contribution >= 0.6 is 0 Å². The highest BCUT2D eigenvalue weighted by atomic mass is 32.2. The average molecular weight is 628 g/mol. The summed E-state index contributed by atoms with van der Waals surface area (Å²) in [5.74, 6) is -0.350. The van der Waals surface area contributed by atoms with Gasteiger partial charge in [-0.1, -0.05) is 97.8 Å². The van der Waals surface area contributed by atoms with Crippen LogP contribution in [0.25, 0.3) is 0 Å². The number of rotatable bonds is 15. The summed E-state index contributed by atoms with van der Waals surface area (Å²) in [5, 5.41) is 3.01. The summed E-state index contributed by atoms with van der Waals surface area (Å²) in [4.78, 5) is 29.8. The number of ether oxygens (including phenoxy) is 1. The van der Waals surface area contributed by atoms with E-state index >= 15 is 0 Å². The van der Waals surface area contributed by atoms with Crippen molar-refractivity contribution >= 4 is 27.5 Å². The Bertz CT molecular complexity index is 1650. The summed E-state index contributed by atoms with van der Waals surface area (Å²) in [7, 11) is -2.69. The zero-order valence-corrected chi connectivity index (χ0v) is 26.9. The van der Waals surface area contributed by atoms with Gasteiger partial charge in [0.15, 0.2) is 0 Å². The SMILES string of the molecule is CCCCNC(=O)[C@@H](Cc1ccccc1)N(Cc1ccccc1)C(=O)CN(c1cccc(OC)c1)S(=O)(=O)c1ccc(C)cc1. The molecule has 236 valence electrons. The first kappa shape index (κ1) is 33.3. The first-order chi connectivity index (χ1) is 21.7. The molecule has 45 heavy (non-hydrogen) atoms. The Morgan fingerprint density at radius 1 is 0.844 bits per heavy atom. The van der Waals surface area contributed by atoms with Crippen molar-refractivity contribution < 1.29 is 22.7 Å². The van der Waals surface area contributed by atoms with Gasteiger partial charge in [0.2, 0.25) is 11.8 Å². The molecule has 2 amide bonds. The van der Waals surface area contributed by atoms with Gasteiger partial charge in [-0.25, -0.2) is 8.42 Å². The zero-order valence-electron chi connectivity index (χ0n) is 26.1. The molecule has 4 aromatic rings. The number of nitrogens with zero attached hydrogens (tertiary/aromatic N) is 2. The lowest BCUT2D eigenvalue weighted by Crippen LogP contribution is -2.53. The lowest BCUT2D eigenvalue weighted by molar-refractivity contribution is -0.140. The molecule has 0 spiro atoms. The largest absolute Gasteiger partial charge is 0.497 e. The van der Waals surface area contributed by atoms with Crippen LogP contribution in [0, 0.1) is 6.92 Å². The van der Waals surface area contributed by atoms with Gasteiger partial charge >= 0.3 is 0 Å². The van der Waals surface area contributed by atoms with Crippen LogP contribution in [0.4, 0.5) is 5.69 Å². The van der Waals surface area contributed by atoms with Crippen LogP contribution in [-0.4, -0.2) is 51.4 Å². The van der Waals surface area contributed by atoms with E-state index in [0.717, 1.165) is 33.8 Å². The molecule has 0 aliphatic rings. The van der Waals surface area contributed by atoms with Gasteiger partial charge in [0.05, 0.1) is 17.7 Å². The van der Waals surface area contributed by atoms with Crippen LogP contribution in [-0.2, 0) is 32.6 Å². The topological polar surface area (TPSA) is 96.0 Å². The van der Waals surface area contributed by atoms with Crippen LogP contribution in [0.1, 0.15) is 36.5 Å². The van der Waals surface area contributed by atoms with Gasteiger partial charge in [-0.15, -0.1) is 0 Å². The molecule has 0 unspecified atom stereocenters. The molecule has 0 radical (unpaired) electrons. The number of hydrogen-bond donors (Lipinski definition) is 1. The maximum absolute atomic E-state index is 14.5. The van der Waals surface area contributed by atoms with Gasteiger partial charge in [-0.2, -0.15) is 0 Å². The molecule has 8 nitrogen and oxygen atoms in total. The Morgan fingerprint density at radius 3 is 2.11 bits per heavy atom. The maximum Gasteiger partial charge on any atom is 0.264 e. The third-order valence-electron chi connectivity index (χ3n) is 7.53. The molecule has 4 rings (SSSR count). The molecule has 4 aromatic carbocycles. The Balaban J connectivity index is 1.78. The number of methoxy groups -OCH3 is 1. The number of aryl methyl sites for hydroxylation is 1. The first-order valence-corrected chi connectivity index (χ1v) is 16.6. The van der Waals surface area contributed by atoms with Crippen molar-refractivity contribution in [3.8, 4) is 5.75 Å². The Kier molecular flexibility index (Phi) is 11.8. The monoisotopic (exact) mass is 627 g/mol. The second-order valence-corrected chi connectivity index (χ2v) is 12.7. The van der Waals surface area contributed by atoms with Gasteiger partial charge in [0.25, 0.3) is 10.0 Å². The van der Waals surface area contributed by atoms with Crippen molar-refractivity contribution in [2.75, 3.05) is 24.5 Å². The predicted molar refractivity (Wildman–Crippen MR) is 178 cm³/mol. The Hall–Kier alpha value is -4.63. The van der Waals surface area contributed by atoms with Gasteiger partial charge in [0, 0.05) is 25.6 Å². The van der Waals surface area contributed by atoms with E-state index in [-0.39, 0.29) is 29.5 Å². The summed E-state index contributed by atoms with van der Waals surface area (Å²) in [6, 6.07) is 31.1. The minimum absolute atomic E-state index is 0.0523. The van der Waals surface area contributed by atoms with Crippen molar-refractivity contribution in [2.24, 2.45) is 0 Å². The molecule has 0 aliphatic heterocycles. The number of amides is 2. The molecular formula is C36H41N3O5S. The third-order valence-corrected chi connectivity index (χ3v) is 9.31. The number of hydrogen-bond acceptors (Lipinski definition) is 5. The third kappa shape index (κ3) is 8.95. The minimum atomic E-state index is -4.19. The summed E-state index contributed by atoms with van der Waals surface area (Å²) < 4.78 is 34.8. The molecule has 0 saturated heterocycles. The number of sulfonamides is 1. The number of carbonyl (C=O) groups excluding carboxylic acids is 2. The van der Waals surface area contributed by atoms with E-state index in [1.807, 2.05) is 74.5 Å². The quantitative estimate of drug-likeness (QED) is 0.169. The number of carbonyl (C=O) groups is 2. The van der Waals surface area contributed by atoms with Crippen LogP contribution in [0.3, 0.4) is 0 Å². The van der Waals surface area contributed by atoms with Crippen molar-refractivity contribution in [1.29, 1.82) is 0 Å². The van der Waals surface area contributed by atoms with Crippen LogP contribution in [0.2, 0.25) is 0 Å². The molecule has 0 aromatic heterocycles. The first-order valence-electron chi connectivity index (χ1n) is 15.1. The molecule has 1 atom stereocenters. The fourth-order valence-corrected chi connectivity index (χ4v) is 6.38. The normalized spacial score (nSPS) is 11.8. The highest BCUT2D eigenvalue weighted by Gasteiger charge is 2.34.